The average Bonchev–Trinajstić information content (AvgIpc) is 2.66. The third-order valence-electron chi connectivity index (χ3n) is 5.79. The molecule has 3 rings (SSSR count). The minimum atomic E-state index is -0.0393. The van der Waals surface area contributed by atoms with Gasteiger partial charge in [-0.25, -0.2) is 0 Å². The Morgan fingerprint density at radius 3 is 1.30 bits per heavy atom. The molecule has 0 radical (unpaired) electrons. The zero-order valence-electron chi connectivity index (χ0n) is 17.2. The first-order valence-electron chi connectivity index (χ1n) is 9.64. The second-order valence-electron chi connectivity index (χ2n) is 8.07. The first kappa shape index (κ1) is 19.4. The number of nitrogens with one attached hydrogen (secondary N) is 1. The van der Waals surface area contributed by atoms with Gasteiger partial charge in [-0.1, -0.05) is 38.1 Å². The Balaban J connectivity index is 1.89. The molecule has 1 saturated heterocycles. The van der Waals surface area contributed by atoms with Crippen LogP contribution >= 0.6 is 0 Å². The fraction of sp³-hybridized carbons (Fsp3) is 0.435. The van der Waals surface area contributed by atoms with E-state index in [1.165, 1.54) is 11.1 Å². The molecule has 27 heavy (non-hydrogen) atoms. The van der Waals surface area contributed by atoms with Crippen molar-refractivity contribution >= 4 is 17.2 Å². The summed E-state index contributed by atoms with van der Waals surface area (Å²) in [7, 11) is 8.15. The number of nitrogens with zero attached hydrogens (tertiary/aromatic N) is 2. The summed E-state index contributed by atoms with van der Waals surface area (Å²) in [5, 5.41) is 3.77. The Kier molecular flexibility index (Phi) is 5.56. The molecule has 1 fully saturated rings. The number of ketones is 1. The molecule has 1 N–H and O–H groups in total. The highest BCUT2D eigenvalue weighted by Crippen LogP contribution is 2.38. The van der Waals surface area contributed by atoms with Crippen molar-refractivity contribution in [1.82, 2.24) is 5.32 Å². The van der Waals surface area contributed by atoms with Crippen molar-refractivity contribution in [2.75, 3.05) is 38.0 Å². The molecule has 1 aliphatic heterocycles. The lowest BCUT2D eigenvalue weighted by atomic mass is 9.76. The normalized spacial score (nSPS) is 25.3. The molecular weight excluding hydrogens is 334 g/mol. The zero-order valence-corrected chi connectivity index (χ0v) is 17.2. The van der Waals surface area contributed by atoms with Crippen LogP contribution in [0.1, 0.15) is 37.1 Å². The summed E-state index contributed by atoms with van der Waals surface area (Å²) in [4.78, 5) is 17.2. The number of rotatable bonds is 4. The maximum absolute atomic E-state index is 13.0. The van der Waals surface area contributed by atoms with Crippen LogP contribution in [0.5, 0.6) is 0 Å². The highest BCUT2D eigenvalue weighted by atomic mass is 16.1. The molecule has 4 atom stereocenters. The van der Waals surface area contributed by atoms with E-state index in [4.69, 9.17) is 0 Å². The van der Waals surface area contributed by atoms with Gasteiger partial charge in [0.25, 0.3) is 0 Å². The van der Waals surface area contributed by atoms with Gasteiger partial charge in [0.2, 0.25) is 0 Å². The molecule has 0 spiro atoms. The number of piperidine rings is 1. The SMILES string of the molecule is CC1C(=O)C(C)C(c2ccc(N(C)C)cc2)NC1c1ccc(N(C)C)cc1. The molecule has 4 unspecified atom stereocenters. The fourth-order valence-electron chi connectivity index (χ4n) is 3.95. The average molecular weight is 366 g/mol. The van der Waals surface area contributed by atoms with Crippen LogP contribution in [-0.2, 0) is 4.79 Å². The van der Waals surface area contributed by atoms with Crippen LogP contribution in [0.15, 0.2) is 48.5 Å². The Bertz CT molecular complexity index is 715. The van der Waals surface area contributed by atoms with Gasteiger partial charge in [0, 0.05) is 63.5 Å². The van der Waals surface area contributed by atoms with Crippen molar-refractivity contribution in [2.24, 2.45) is 11.8 Å². The van der Waals surface area contributed by atoms with Crippen LogP contribution in [0.4, 0.5) is 11.4 Å². The summed E-state index contributed by atoms with van der Waals surface area (Å²) in [6, 6.07) is 17.1. The fourth-order valence-corrected chi connectivity index (χ4v) is 3.95. The van der Waals surface area contributed by atoms with E-state index in [2.05, 4.69) is 63.6 Å². The maximum Gasteiger partial charge on any atom is 0.142 e. The molecule has 0 aliphatic carbocycles. The van der Waals surface area contributed by atoms with Crippen molar-refractivity contribution < 1.29 is 4.79 Å². The lowest BCUT2D eigenvalue weighted by molar-refractivity contribution is -0.130. The minimum Gasteiger partial charge on any atom is -0.378 e. The van der Waals surface area contributed by atoms with Gasteiger partial charge in [-0.15, -0.1) is 0 Å². The van der Waals surface area contributed by atoms with Crippen molar-refractivity contribution in [3.63, 3.8) is 0 Å². The number of carbonyl (C=O) groups excluding carboxylic acids is 1. The van der Waals surface area contributed by atoms with E-state index in [-0.39, 0.29) is 23.9 Å². The highest BCUT2D eigenvalue weighted by molar-refractivity contribution is 5.85. The summed E-state index contributed by atoms with van der Waals surface area (Å²) in [5.41, 5.74) is 4.67. The van der Waals surface area contributed by atoms with Crippen LogP contribution < -0.4 is 15.1 Å². The molecule has 0 aromatic heterocycles. The van der Waals surface area contributed by atoms with E-state index in [0.717, 1.165) is 11.4 Å². The third kappa shape index (κ3) is 3.86. The van der Waals surface area contributed by atoms with Gasteiger partial charge in [0.15, 0.2) is 0 Å². The molecule has 4 heteroatoms. The first-order valence-corrected chi connectivity index (χ1v) is 9.64. The van der Waals surface area contributed by atoms with Crippen molar-refractivity contribution in [2.45, 2.75) is 25.9 Å². The van der Waals surface area contributed by atoms with Gasteiger partial charge in [-0.3, -0.25) is 4.79 Å². The molecular formula is C23H31N3O. The monoisotopic (exact) mass is 365 g/mol. The molecule has 2 aromatic carbocycles. The van der Waals surface area contributed by atoms with E-state index in [1.807, 2.05) is 42.0 Å². The second-order valence-corrected chi connectivity index (χ2v) is 8.07. The van der Waals surface area contributed by atoms with E-state index in [9.17, 15) is 4.79 Å². The molecule has 4 nitrogen and oxygen atoms in total. The van der Waals surface area contributed by atoms with Gasteiger partial charge in [0.1, 0.15) is 5.78 Å². The zero-order chi connectivity index (χ0) is 19.7. The van der Waals surface area contributed by atoms with Crippen molar-refractivity contribution in [3.8, 4) is 0 Å². The Labute approximate surface area is 163 Å². The Morgan fingerprint density at radius 2 is 1.00 bits per heavy atom. The lowest BCUT2D eigenvalue weighted by Gasteiger charge is -2.39. The van der Waals surface area contributed by atoms with Crippen LogP contribution in [-0.4, -0.2) is 34.0 Å². The van der Waals surface area contributed by atoms with E-state index >= 15 is 0 Å². The van der Waals surface area contributed by atoms with Crippen molar-refractivity contribution in [1.29, 1.82) is 0 Å². The topological polar surface area (TPSA) is 35.6 Å². The number of anilines is 2. The molecule has 0 amide bonds. The number of carbonyl (C=O) groups is 1. The van der Waals surface area contributed by atoms with Gasteiger partial charge in [-0.2, -0.15) is 0 Å². The summed E-state index contributed by atoms with van der Waals surface area (Å²) in [6.45, 7) is 4.09. The van der Waals surface area contributed by atoms with E-state index < -0.39 is 0 Å². The van der Waals surface area contributed by atoms with Gasteiger partial charge in [-0.05, 0) is 35.4 Å². The van der Waals surface area contributed by atoms with Crippen LogP contribution in [0.3, 0.4) is 0 Å². The molecule has 1 aliphatic rings. The highest BCUT2D eigenvalue weighted by Gasteiger charge is 2.40. The second kappa shape index (κ2) is 7.73. The van der Waals surface area contributed by atoms with Crippen molar-refractivity contribution in [3.05, 3.63) is 59.7 Å². The molecule has 0 bridgehead atoms. The van der Waals surface area contributed by atoms with E-state index in [0.29, 0.717) is 5.78 Å². The summed E-state index contributed by atoms with van der Waals surface area (Å²) in [6.07, 6.45) is 0. The van der Waals surface area contributed by atoms with E-state index in [1.54, 1.807) is 0 Å². The standard InChI is InChI=1S/C23H31N3O/c1-15-21(17-7-11-19(12-8-17)25(3)4)24-22(16(2)23(15)27)18-9-13-20(14-10-18)26(5)6/h7-16,21-22,24H,1-6H3. The summed E-state index contributed by atoms with van der Waals surface area (Å²) in [5.74, 6) is 0.252. The minimum absolute atomic E-state index is 0.0310. The Hall–Kier alpha value is -2.33. The molecule has 0 saturated carbocycles. The predicted octanol–water partition coefficient (Wildman–Crippen LogP) is 4.05. The van der Waals surface area contributed by atoms with Gasteiger partial charge in [0.05, 0.1) is 0 Å². The van der Waals surface area contributed by atoms with Crippen LogP contribution in [0.2, 0.25) is 0 Å². The Morgan fingerprint density at radius 1 is 0.667 bits per heavy atom. The number of hydrogen-bond donors (Lipinski definition) is 1. The maximum atomic E-state index is 13.0. The van der Waals surface area contributed by atoms with Gasteiger partial charge >= 0.3 is 0 Å². The predicted molar refractivity (Wildman–Crippen MR) is 113 cm³/mol. The molecule has 144 valence electrons. The molecule has 1 heterocycles. The third-order valence-corrected chi connectivity index (χ3v) is 5.79. The number of hydrogen-bond acceptors (Lipinski definition) is 4. The largest absolute Gasteiger partial charge is 0.378 e. The quantitative estimate of drug-likeness (QED) is 0.887. The van der Waals surface area contributed by atoms with Crippen LogP contribution in [0, 0.1) is 11.8 Å². The van der Waals surface area contributed by atoms with Gasteiger partial charge < -0.3 is 15.1 Å². The summed E-state index contributed by atoms with van der Waals surface area (Å²) < 4.78 is 0. The lowest BCUT2D eigenvalue weighted by Crippen LogP contribution is -2.46. The smallest absolute Gasteiger partial charge is 0.142 e. The summed E-state index contributed by atoms with van der Waals surface area (Å²) >= 11 is 0. The number of benzene rings is 2. The first-order chi connectivity index (χ1) is 12.8. The number of Topliss-reactive ketones (excluding diaryl/α,β-unsaturated/α-hetero) is 1. The molecule has 2 aromatic rings. The van der Waals surface area contributed by atoms with Crippen LogP contribution in [0.25, 0.3) is 0 Å².